The van der Waals surface area contributed by atoms with Gasteiger partial charge in [-0.3, -0.25) is 15.7 Å². The number of nitrogens with two attached hydrogens (primary N) is 1. The zero-order valence-corrected chi connectivity index (χ0v) is 11.8. The van der Waals surface area contributed by atoms with E-state index in [4.69, 9.17) is 5.84 Å². The van der Waals surface area contributed by atoms with Crippen LogP contribution in [0.5, 0.6) is 0 Å². The Morgan fingerprint density at radius 3 is 2.75 bits per heavy atom. The molecule has 0 spiro atoms. The second-order valence-corrected chi connectivity index (χ2v) is 4.67. The van der Waals surface area contributed by atoms with Crippen LogP contribution in [0.3, 0.4) is 0 Å². The maximum Gasteiger partial charge on any atom is 0.254 e. The highest BCUT2D eigenvalue weighted by atomic mass is 16.2. The minimum absolute atomic E-state index is 0.0754. The Balaban J connectivity index is 2.14. The lowest BCUT2D eigenvalue weighted by atomic mass is 10.1. The van der Waals surface area contributed by atoms with Crippen molar-refractivity contribution in [2.24, 2.45) is 5.84 Å². The molecule has 1 aromatic heterocycles. The van der Waals surface area contributed by atoms with Gasteiger partial charge in [-0.2, -0.15) is 5.10 Å². The first-order valence-electron chi connectivity index (χ1n) is 6.22. The number of hydrogen-bond acceptors (Lipinski definition) is 5. The molecule has 20 heavy (non-hydrogen) atoms. The lowest BCUT2D eigenvalue weighted by molar-refractivity contribution is 0.0781. The minimum atomic E-state index is -0.0754. The van der Waals surface area contributed by atoms with Crippen molar-refractivity contribution in [3.63, 3.8) is 0 Å². The molecule has 0 aliphatic heterocycles. The van der Waals surface area contributed by atoms with E-state index in [1.54, 1.807) is 24.1 Å². The number of carbonyl (C=O) groups excluding carboxylic acids is 1. The third-order valence-electron chi connectivity index (χ3n) is 2.99. The van der Waals surface area contributed by atoms with Crippen LogP contribution in [0.1, 0.15) is 27.6 Å². The number of rotatable bonds is 4. The quantitative estimate of drug-likeness (QED) is 0.570. The van der Waals surface area contributed by atoms with Crippen molar-refractivity contribution >= 4 is 11.6 Å². The van der Waals surface area contributed by atoms with E-state index in [9.17, 15) is 4.79 Å². The predicted molar refractivity (Wildman–Crippen MR) is 75.9 cm³/mol. The molecule has 0 saturated heterocycles. The number of nitrogens with one attached hydrogen (secondary N) is 2. The van der Waals surface area contributed by atoms with E-state index in [-0.39, 0.29) is 5.91 Å². The highest BCUT2D eigenvalue weighted by Gasteiger charge is 2.16. The molecule has 0 atom stereocenters. The molecule has 0 fully saturated rings. The molecule has 106 valence electrons. The molecule has 4 N–H and O–H groups in total. The number of aromatic nitrogens is 3. The van der Waals surface area contributed by atoms with Crippen LogP contribution < -0.4 is 11.3 Å². The topological polar surface area (TPSA) is 99.9 Å². The van der Waals surface area contributed by atoms with E-state index in [2.05, 4.69) is 20.6 Å². The van der Waals surface area contributed by atoms with Gasteiger partial charge in [-0.1, -0.05) is 0 Å². The molecule has 1 amide bonds. The minimum Gasteiger partial charge on any atom is -0.334 e. The summed E-state index contributed by atoms with van der Waals surface area (Å²) in [4.78, 5) is 18.2. The van der Waals surface area contributed by atoms with Crippen LogP contribution in [-0.4, -0.2) is 33.0 Å². The summed E-state index contributed by atoms with van der Waals surface area (Å²) in [5.74, 6) is 6.59. The van der Waals surface area contributed by atoms with Gasteiger partial charge < -0.3 is 10.3 Å². The zero-order valence-electron chi connectivity index (χ0n) is 11.8. The van der Waals surface area contributed by atoms with Gasteiger partial charge in [0.05, 0.1) is 6.54 Å². The Morgan fingerprint density at radius 2 is 2.20 bits per heavy atom. The maximum absolute atomic E-state index is 12.4. The smallest absolute Gasteiger partial charge is 0.254 e. The number of aromatic amines is 1. The molecule has 0 aliphatic rings. The van der Waals surface area contributed by atoms with Crippen molar-refractivity contribution in [3.8, 4) is 0 Å². The molecule has 0 aliphatic carbocycles. The molecule has 0 saturated carbocycles. The molecule has 2 rings (SSSR count). The Bertz CT molecular complexity index is 621. The number of carbonyl (C=O) groups is 1. The molecule has 7 heteroatoms. The van der Waals surface area contributed by atoms with Crippen LogP contribution in [-0.2, 0) is 6.54 Å². The average Bonchev–Trinajstić information content (AvgIpc) is 2.83. The third kappa shape index (κ3) is 2.94. The van der Waals surface area contributed by atoms with Crippen molar-refractivity contribution in [1.82, 2.24) is 20.1 Å². The Hall–Kier alpha value is -2.41. The summed E-state index contributed by atoms with van der Waals surface area (Å²) in [7, 11) is 1.72. The zero-order chi connectivity index (χ0) is 14.7. The summed E-state index contributed by atoms with van der Waals surface area (Å²) in [6.45, 7) is 4.05. The van der Waals surface area contributed by atoms with Crippen molar-refractivity contribution in [2.45, 2.75) is 20.4 Å². The SMILES string of the molecule is Cc1nc(CN(C)C(=O)c2ccc(NN)cc2C)n[nH]1. The number of hydrazine groups is 1. The molecule has 0 unspecified atom stereocenters. The number of nitrogen functional groups attached to an aromatic ring is 1. The van der Waals surface area contributed by atoms with Crippen molar-refractivity contribution in [1.29, 1.82) is 0 Å². The van der Waals surface area contributed by atoms with Crippen molar-refractivity contribution in [2.75, 3.05) is 12.5 Å². The highest BCUT2D eigenvalue weighted by molar-refractivity contribution is 5.95. The van der Waals surface area contributed by atoms with Crippen LogP contribution in [0.15, 0.2) is 18.2 Å². The fourth-order valence-corrected chi connectivity index (χ4v) is 1.94. The van der Waals surface area contributed by atoms with Gasteiger partial charge in [0, 0.05) is 18.3 Å². The van der Waals surface area contributed by atoms with Crippen LogP contribution in [0.25, 0.3) is 0 Å². The number of H-pyrrole nitrogens is 1. The first-order chi connectivity index (χ1) is 9.51. The lowest BCUT2D eigenvalue weighted by Gasteiger charge is -2.17. The van der Waals surface area contributed by atoms with E-state index in [1.165, 1.54) is 0 Å². The number of benzene rings is 1. The Labute approximate surface area is 117 Å². The van der Waals surface area contributed by atoms with Gasteiger partial charge in [-0.15, -0.1) is 0 Å². The summed E-state index contributed by atoms with van der Waals surface area (Å²) in [6.07, 6.45) is 0. The third-order valence-corrected chi connectivity index (χ3v) is 2.99. The molecule has 0 radical (unpaired) electrons. The van der Waals surface area contributed by atoms with Crippen LogP contribution in [0, 0.1) is 13.8 Å². The van der Waals surface area contributed by atoms with E-state index >= 15 is 0 Å². The summed E-state index contributed by atoms with van der Waals surface area (Å²) in [6, 6.07) is 5.36. The molecule has 1 aromatic carbocycles. The molecule has 1 heterocycles. The van der Waals surface area contributed by atoms with Crippen LogP contribution in [0.4, 0.5) is 5.69 Å². The Morgan fingerprint density at radius 1 is 1.45 bits per heavy atom. The van der Waals surface area contributed by atoms with E-state index in [0.29, 0.717) is 17.9 Å². The number of amides is 1. The number of anilines is 1. The number of hydrogen-bond donors (Lipinski definition) is 3. The molecule has 7 nitrogen and oxygen atoms in total. The second kappa shape index (κ2) is 5.70. The van der Waals surface area contributed by atoms with Crippen LogP contribution in [0.2, 0.25) is 0 Å². The summed E-state index contributed by atoms with van der Waals surface area (Å²) in [5, 5.41) is 6.78. The lowest BCUT2D eigenvalue weighted by Crippen LogP contribution is -2.27. The second-order valence-electron chi connectivity index (χ2n) is 4.67. The normalized spacial score (nSPS) is 10.4. The van der Waals surface area contributed by atoms with E-state index < -0.39 is 0 Å². The molecular weight excluding hydrogens is 256 g/mol. The largest absolute Gasteiger partial charge is 0.334 e. The highest BCUT2D eigenvalue weighted by Crippen LogP contribution is 2.16. The van der Waals surface area contributed by atoms with Crippen molar-refractivity contribution in [3.05, 3.63) is 41.0 Å². The monoisotopic (exact) mass is 274 g/mol. The van der Waals surface area contributed by atoms with Gasteiger partial charge in [0.2, 0.25) is 0 Å². The number of aryl methyl sites for hydroxylation is 2. The molecule has 2 aromatic rings. The van der Waals surface area contributed by atoms with E-state index in [1.807, 2.05) is 19.9 Å². The number of nitrogens with zero attached hydrogens (tertiary/aromatic N) is 3. The van der Waals surface area contributed by atoms with Gasteiger partial charge >= 0.3 is 0 Å². The molecule has 0 bridgehead atoms. The van der Waals surface area contributed by atoms with Gasteiger partial charge in [0.1, 0.15) is 5.82 Å². The standard InChI is InChI=1S/C13H18N6O/c1-8-6-10(16-14)4-5-11(8)13(20)19(3)7-12-15-9(2)17-18-12/h4-6,16H,7,14H2,1-3H3,(H,15,17,18). The summed E-state index contributed by atoms with van der Waals surface area (Å²) < 4.78 is 0. The Kier molecular flexibility index (Phi) is 3.99. The molecular formula is C13H18N6O. The van der Waals surface area contributed by atoms with Gasteiger partial charge in [-0.25, -0.2) is 4.98 Å². The first-order valence-corrected chi connectivity index (χ1v) is 6.22. The first kappa shape index (κ1) is 14.0. The van der Waals surface area contributed by atoms with Gasteiger partial charge in [0.25, 0.3) is 5.91 Å². The maximum atomic E-state index is 12.4. The van der Waals surface area contributed by atoms with Gasteiger partial charge in [0.15, 0.2) is 5.82 Å². The predicted octanol–water partition coefficient (Wildman–Crippen LogP) is 0.979. The summed E-state index contributed by atoms with van der Waals surface area (Å²) >= 11 is 0. The van der Waals surface area contributed by atoms with E-state index in [0.717, 1.165) is 17.1 Å². The fraction of sp³-hybridized carbons (Fsp3) is 0.308. The van der Waals surface area contributed by atoms with Gasteiger partial charge in [-0.05, 0) is 37.6 Å². The summed E-state index contributed by atoms with van der Waals surface area (Å²) in [5.41, 5.74) is 4.83. The van der Waals surface area contributed by atoms with Crippen molar-refractivity contribution < 1.29 is 4.79 Å². The van der Waals surface area contributed by atoms with Crippen LogP contribution >= 0.6 is 0 Å². The average molecular weight is 274 g/mol. The fourth-order valence-electron chi connectivity index (χ4n) is 1.94.